The van der Waals surface area contributed by atoms with Gasteiger partial charge < -0.3 is 0 Å². The summed E-state index contributed by atoms with van der Waals surface area (Å²) in [7, 11) is 0. The third kappa shape index (κ3) is 4.62. The summed E-state index contributed by atoms with van der Waals surface area (Å²) in [5, 5.41) is 0. The van der Waals surface area contributed by atoms with E-state index in [9.17, 15) is 52.7 Å². The second kappa shape index (κ2) is 9.73. The van der Waals surface area contributed by atoms with Crippen LogP contribution in [0.2, 0.25) is 0 Å². The average molecular weight is 586 g/mol. The van der Waals surface area contributed by atoms with E-state index in [4.69, 9.17) is 0 Å². The third-order valence-corrected chi connectivity index (χ3v) is 7.33. The van der Waals surface area contributed by atoms with Crippen molar-refractivity contribution in [1.82, 2.24) is 0 Å². The molecule has 0 radical (unpaired) electrons. The molecule has 0 amide bonds. The molecule has 0 bridgehead atoms. The van der Waals surface area contributed by atoms with Gasteiger partial charge in [-0.25, -0.2) is 0 Å². The summed E-state index contributed by atoms with van der Waals surface area (Å²) in [4.78, 5) is 0. The first kappa shape index (κ1) is 31.3. The first-order valence-corrected chi connectivity index (χ1v) is 11.6. The molecule has 0 nitrogen and oxygen atoms in total. The molecule has 40 heavy (non-hydrogen) atoms. The van der Waals surface area contributed by atoms with Gasteiger partial charge in [0.05, 0.1) is 0 Å². The Labute approximate surface area is 221 Å². The van der Waals surface area contributed by atoms with Crippen molar-refractivity contribution in [2.75, 3.05) is 0 Å². The molecule has 0 aliphatic carbocycles. The Morgan fingerprint density at radius 1 is 0.325 bits per heavy atom. The molecular formula is C28H22F12. The predicted octanol–water partition coefficient (Wildman–Crippen LogP) is 9.74. The van der Waals surface area contributed by atoms with Crippen LogP contribution >= 0.6 is 0 Å². The third-order valence-electron chi connectivity index (χ3n) is 7.33. The zero-order chi connectivity index (χ0) is 30.7. The Kier molecular flexibility index (Phi) is 7.62. The van der Waals surface area contributed by atoms with E-state index in [0.29, 0.717) is 35.4 Å². The second-order valence-electron chi connectivity index (χ2n) is 9.67. The van der Waals surface area contributed by atoms with Crippen LogP contribution in [-0.4, -0.2) is 24.7 Å². The number of halogens is 12. The van der Waals surface area contributed by atoms with Gasteiger partial charge in [-0.2, -0.15) is 52.7 Å². The molecule has 0 N–H and O–H groups in total. The van der Waals surface area contributed by atoms with Crippen molar-refractivity contribution in [2.24, 2.45) is 0 Å². The zero-order valence-corrected chi connectivity index (χ0v) is 21.3. The molecule has 3 aromatic rings. The van der Waals surface area contributed by atoms with Crippen LogP contribution in [0.4, 0.5) is 52.7 Å². The van der Waals surface area contributed by atoms with Crippen LogP contribution in [0.15, 0.2) is 60.7 Å². The van der Waals surface area contributed by atoms with E-state index in [1.54, 1.807) is 0 Å². The van der Waals surface area contributed by atoms with E-state index < -0.39 is 57.8 Å². The van der Waals surface area contributed by atoms with Crippen molar-refractivity contribution in [2.45, 2.75) is 63.2 Å². The Bertz CT molecular complexity index is 1240. The highest BCUT2D eigenvalue weighted by molar-refractivity contribution is 5.51. The number of aryl methyl sites for hydroxylation is 4. The molecule has 0 aromatic heterocycles. The van der Waals surface area contributed by atoms with Gasteiger partial charge in [-0.1, -0.05) is 60.7 Å². The van der Waals surface area contributed by atoms with Crippen molar-refractivity contribution in [1.29, 1.82) is 0 Å². The van der Waals surface area contributed by atoms with E-state index in [1.165, 1.54) is 27.7 Å². The Balaban J connectivity index is 2.43. The molecule has 0 unspecified atom stereocenters. The van der Waals surface area contributed by atoms with E-state index in [1.807, 2.05) is 0 Å². The lowest BCUT2D eigenvalue weighted by Gasteiger charge is -2.40. The standard InChI is InChI=1S/C28H22F12/c1-15-5-7-21(13-17(15)3)23(25(29,30)31,26(32,33)34)19-9-11-20(12-10-19)24(27(35,36)37,28(38,39)40)22-8-6-16(2)18(4)14-22/h5-14H,1-4H3. The highest BCUT2D eigenvalue weighted by Crippen LogP contribution is 2.59. The minimum Gasteiger partial charge on any atom is -0.169 e. The average Bonchev–Trinajstić information content (AvgIpc) is 2.76. The van der Waals surface area contributed by atoms with Gasteiger partial charge in [0.15, 0.2) is 0 Å². The number of rotatable bonds is 4. The van der Waals surface area contributed by atoms with Crippen LogP contribution in [0.3, 0.4) is 0 Å². The largest absolute Gasteiger partial charge is 0.411 e. The molecule has 0 spiro atoms. The van der Waals surface area contributed by atoms with Gasteiger partial charge in [0.2, 0.25) is 10.8 Å². The van der Waals surface area contributed by atoms with Crippen molar-refractivity contribution >= 4 is 0 Å². The smallest absolute Gasteiger partial charge is 0.169 e. The van der Waals surface area contributed by atoms with Gasteiger partial charge in [-0.3, -0.25) is 0 Å². The van der Waals surface area contributed by atoms with Crippen molar-refractivity contribution in [3.05, 3.63) is 105 Å². The molecule has 218 valence electrons. The molecule has 0 fully saturated rings. The molecule has 0 saturated carbocycles. The maximum Gasteiger partial charge on any atom is 0.411 e. The Morgan fingerprint density at radius 3 is 0.750 bits per heavy atom. The normalized spacial score (nSPS) is 14.0. The van der Waals surface area contributed by atoms with Crippen molar-refractivity contribution in [3.63, 3.8) is 0 Å². The maximum absolute atomic E-state index is 14.5. The predicted molar refractivity (Wildman–Crippen MR) is 124 cm³/mol. The fraction of sp³-hybridized carbons (Fsp3) is 0.357. The van der Waals surface area contributed by atoms with Crippen LogP contribution < -0.4 is 0 Å². The summed E-state index contributed by atoms with van der Waals surface area (Å²) in [6, 6.07) is 4.61. The Hall–Kier alpha value is -3.18. The zero-order valence-electron chi connectivity index (χ0n) is 21.3. The topological polar surface area (TPSA) is 0 Å². The SMILES string of the molecule is Cc1ccc(C(c2ccc(C(c3ccc(C)c(C)c3)(C(F)(F)F)C(F)(F)F)cc2)(C(F)(F)F)C(F)(F)F)cc1C. The van der Waals surface area contributed by atoms with Crippen LogP contribution in [0.1, 0.15) is 44.5 Å². The van der Waals surface area contributed by atoms with Crippen LogP contribution in [-0.2, 0) is 10.8 Å². The highest BCUT2D eigenvalue weighted by atomic mass is 19.4. The number of hydrogen-bond acceptors (Lipinski definition) is 0. The molecule has 0 atom stereocenters. The summed E-state index contributed by atoms with van der Waals surface area (Å²) < 4.78 is 173. The van der Waals surface area contributed by atoms with Crippen LogP contribution in [0.5, 0.6) is 0 Å². The quantitative estimate of drug-likeness (QED) is 0.267. The second-order valence-corrected chi connectivity index (χ2v) is 9.67. The summed E-state index contributed by atoms with van der Waals surface area (Å²) in [6.45, 7) is 5.42. The number of benzene rings is 3. The molecule has 0 aliphatic rings. The minimum absolute atomic E-state index is 0.0266. The van der Waals surface area contributed by atoms with E-state index >= 15 is 0 Å². The summed E-state index contributed by atoms with van der Waals surface area (Å²) in [5.74, 6) is 0. The first-order chi connectivity index (χ1) is 18.0. The van der Waals surface area contributed by atoms with Crippen LogP contribution in [0.25, 0.3) is 0 Å². The van der Waals surface area contributed by atoms with E-state index in [-0.39, 0.29) is 35.4 Å². The van der Waals surface area contributed by atoms with Gasteiger partial charge in [-0.05, 0) is 72.2 Å². The van der Waals surface area contributed by atoms with Crippen LogP contribution in [0, 0.1) is 27.7 Å². The molecule has 0 aliphatic heterocycles. The fourth-order valence-corrected chi connectivity index (χ4v) is 4.88. The molecule has 3 aromatic carbocycles. The van der Waals surface area contributed by atoms with Gasteiger partial charge in [0.1, 0.15) is 0 Å². The number of alkyl halides is 12. The van der Waals surface area contributed by atoms with Gasteiger partial charge >= 0.3 is 24.7 Å². The lowest BCUT2D eigenvalue weighted by Crippen LogP contribution is -2.56. The maximum atomic E-state index is 14.5. The lowest BCUT2D eigenvalue weighted by molar-refractivity contribution is -0.291. The molecular weight excluding hydrogens is 564 g/mol. The molecule has 0 heterocycles. The molecule has 12 heteroatoms. The van der Waals surface area contributed by atoms with Crippen molar-refractivity contribution < 1.29 is 52.7 Å². The summed E-state index contributed by atoms with van der Waals surface area (Å²) in [5.41, 5.74) is -14.4. The molecule has 0 saturated heterocycles. The van der Waals surface area contributed by atoms with Crippen molar-refractivity contribution in [3.8, 4) is 0 Å². The van der Waals surface area contributed by atoms with E-state index in [0.717, 1.165) is 12.1 Å². The molecule has 3 rings (SSSR count). The fourth-order valence-electron chi connectivity index (χ4n) is 4.88. The Morgan fingerprint density at radius 2 is 0.550 bits per heavy atom. The monoisotopic (exact) mass is 586 g/mol. The number of hydrogen-bond donors (Lipinski definition) is 0. The lowest BCUT2D eigenvalue weighted by atomic mass is 9.69. The van der Waals surface area contributed by atoms with E-state index in [2.05, 4.69) is 0 Å². The van der Waals surface area contributed by atoms with Gasteiger partial charge in [0, 0.05) is 0 Å². The minimum atomic E-state index is -6.08. The van der Waals surface area contributed by atoms with Gasteiger partial charge in [-0.15, -0.1) is 0 Å². The highest BCUT2D eigenvalue weighted by Gasteiger charge is 2.74. The summed E-state index contributed by atoms with van der Waals surface area (Å²) in [6.07, 6.45) is -24.3. The first-order valence-electron chi connectivity index (χ1n) is 11.6. The summed E-state index contributed by atoms with van der Waals surface area (Å²) >= 11 is 0. The van der Waals surface area contributed by atoms with Gasteiger partial charge in [0.25, 0.3) is 0 Å².